The number of methoxy groups -OCH3 is 1. The molecule has 1 atom stereocenters. The largest absolute Gasteiger partial charge is 0.494 e. The quantitative estimate of drug-likeness (QED) is 0.233. The van der Waals surface area contributed by atoms with Crippen LogP contribution in [0.5, 0.6) is 5.75 Å². The lowest BCUT2D eigenvalue weighted by Crippen LogP contribution is -2.50. The number of benzene rings is 1. The minimum atomic E-state index is -3.52. The van der Waals surface area contributed by atoms with Crippen molar-refractivity contribution in [1.82, 2.24) is 30.4 Å². The average molecular weight is 560 g/mol. The van der Waals surface area contributed by atoms with E-state index >= 15 is 0 Å². The zero-order valence-corrected chi connectivity index (χ0v) is 22.6. The van der Waals surface area contributed by atoms with Crippen LogP contribution in [-0.2, 0) is 14.8 Å². The zero-order valence-electron chi connectivity index (χ0n) is 21.8. The molecule has 2 aromatic heterocycles. The maximum absolute atomic E-state index is 12.8. The summed E-state index contributed by atoms with van der Waals surface area (Å²) in [6.07, 6.45) is 2.57. The van der Waals surface area contributed by atoms with Crippen molar-refractivity contribution in [3.63, 3.8) is 0 Å². The Bertz CT molecular complexity index is 1540. The van der Waals surface area contributed by atoms with E-state index in [0.29, 0.717) is 11.3 Å². The van der Waals surface area contributed by atoms with E-state index in [1.165, 1.54) is 13.2 Å². The number of rotatable bonds is 11. The Hall–Kier alpha value is -3.92. The van der Waals surface area contributed by atoms with Crippen LogP contribution in [0, 0.1) is 5.92 Å². The molecule has 1 fully saturated rings. The number of amides is 2. The van der Waals surface area contributed by atoms with E-state index in [-0.39, 0.29) is 46.5 Å². The van der Waals surface area contributed by atoms with Crippen LogP contribution in [0.15, 0.2) is 28.8 Å². The monoisotopic (exact) mass is 560 g/mol. The van der Waals surface area contributed by atoms with Crippen LogP contribution in [-0.4, -0.2) is 82.7 Å². The summed E-state index contributed by atoms with van der Waals surface area (Å²) in [5.74, 6) is -0.679. The molecule has 4 rings (SSSR count). The predicted molar refractivity (Wildman–Crippen MR) is 147 cm³/mol. The fraction of sp³-hybridized carbons (Fsp3) is 0.364. The minimum Gasteiger partial charge on any atom is -0.494 e. The Balaban J connectivity index is 1.69. The van der Waals surface area contributed by atoms with Crippen LogP contribution >= 0.6 is 0 Å². The Morgan fingerprint density at radius 3 is 2.52 bits per heavy atom. The molecule has 1 aliphatic carbocycles. The van der Waals surface area contributed by atoms with Gasteiger partial charge in [0.25, 0.3) is 11.8 Å². The molecule has 0 unspecified atom stereocenters. The molecule has 6 radical (unpaired) electrons. The standard InChI is InChI=1S/C22H23B3N8O6S/c1-10(33-40(3,36)37)18-28-21(39-32-18)12-5-4-6-13(17(12)38-2)26-14-9-15(27-19(34)11-7-8-11)30-31-16(14)20(35)29-22(23,24)25/h4-6,9-11,33H,7-8H2,1-3H3,(H,29,35)(H2,26,27,30,34)/t10-/m1/s1. The SMILES string of the molecule is [B]C([B])([B])NC(=O)c1nnc(NC(=O)C2CC2)cc1Nc1cccc(-c2nc([C@@H](C)NS(C)(=O)=O)no2)c1OC. The lowest BCUT2D eigenvalue weighted by molar-refractivity contribution is -0.117. The molecular weight excluding hydrogens is 537 g/mol. The summed E-state index contributed by atoms with van der Waals surface area (Å²) in [5, 5.41) is 17.6. The summed E-state index contributed by atoms with van der Waals surface area (Å²) in [6.45, 7) is 1.56. The fourth-order valence-electron chi connectivity index (χ4n) is 3.61. The van der Waals surface area contributed by atoms with E-state index in [4.69, 9.17) is 32.8 Å². The van der Waals surface area contributed by atoms with Gasteiger partial charge in [-0.15, -0.1) is 10.2 Å². The van der Waals surface area contributed by atoms with Gasteiger partial charge in [0.2, 0.25) is 15.9 Å². The molecule has 3 aromatic rings. The first kappa shape index (κ1) is 29.1. The number of nitrogens with one attached hydrogen (secondary N) is 4. The highest BCUT2D eigenvalue weighted by Gasteiger charge is 2.30. The zero-order chi connectivity index (χ0) is 29.2. The summed E-state index contributed by atoms with van der Waals surface area (Å²) in [5.41, 5.74) is 0.569. The van der Waals surface area contributed by atoms with E-state index < -0.39 is 27.2 Å². The first-order valence-electron chi connectivity index (χ1n) is 11.9. The number of carbonyl (C=O) groups is 2. The first-order chi connectivity index (χ1) is 18.7. The van der Waals surface area contributed by atoms with Gasteiger partial charge in [0.1, 0.15) is 0 Å². The van der Waals surface area contributed by atoms with Crippen molar-refractivity contribution in [3.05, 3.63) is 35.8 Å². The Kier molecular flexibility index (Phi) is 8.21. The fourth-order valence-corrected chi connectivity index (χ4v) is 4.36. The molecule has 18 heteroatoms. The molecule has 0 bridgehead atoms. The lowest BCUT2D eigenvalue weighted by Gasteiger charge is -2.23. The van der Waals surface area contributed by atoms with Gasteiger partial charge in [0.15, 0.2) is 23.1 Å². The van der Waals surface area contributed by atoms with E-state index in [1.54, 1.807) is 25.1 Å². The third-order valence-corrected chi connectivity index (χ3v) is 6.26. The molecule has 40 heavy (non-hydrogen) atoms. The summed E-state index contributed by atoms with van der Waals surface area (Å²) >= 11 is 0. The molecule has 1 aliphatic rings. The number of anilines is 3. The predicted octanol–water partition coefficient (Wildman–Crippen LogP) is 0.0841. The van der Waals surface area contributed by atoms with Gasteiger partial charge in [-0.3, -0.25) is 9.59 Å². The van der Waals surface area contributed by atoms with Crippen molar-refractivity contribution in [2.24, 2.45) is 5.92 Å². The molecule has 2 heterocycles. The summed E-state index contributed by atoms with van der Waals surface area (Å²) in [7, 11) is 14.4. The molecule has 14 nitrogen and oxygen atoms in total. The number of aromatic nitrogens is 4. The van der Waals surface area contributed by atoms with E-state index in [9.17, 15) is 18.0 Å². The number of hydrogen-bond donors (Lipinski definition) is 4. The Morgan fingerprint density at radius 2 is 1.90 bits per heavy atom. The highest BCUT2D eigenvalue weighted by Crippen LogP contribution is 2.38. The second-order valence-corrected chi connectivity index (χ2v) is 11.0. The van der Waals surface area contributed by atoms with Crippen molar-refractivity contribution in [2.75, 3.05) is 24.0 Å². The molecule has 1 aromatic carbocycles. The molecule has 0 spiro atoms. The van der Waals surface area contributed by atoms with Gasteiger partial charge in [-0.05, 0) is 31.9 Å². The van der Waals surface area contributed by atoms with Crippen molar-refractivity contribution in [3.8, 4) is 17.2 Å². The van der Waals surface area contributed by atoms with Gasteiger partial charge in [-0.25, -0.2) is 13.1 Å². The van der Waals surface area contributed by atoms with E-state index in [2.05, 4.69) is 41.0 Å². The molecular formula is C22H23B3N8O6S. The summed E-state index contributed by atoms with van der Waals surface area (Å²) in [4.78, 5) is 29.4. The highest BCUT2D eigenvalue weighted by atomic mass is 32.2. The second-order valence-electron chi connectivity index (χ2n) is 9.22. The van der Waals surface area contributed by atoms with Crippen LogP contribution < -0.4 is 25.4 Å². The van der Waals surface area contributed by atoms with Gasteiger partial charge in [-0.1, -0.05) is 16.5 Å². The lowest BCUT2D eigenvalue weighted by atomic mass is 9.49. The third-order valence-electron chi connectivity index (χ3n) is 5.48. The number of para-hydroxylation sites is 1. The number of sulfonamides is 1. The second kappa shape index (κ2) is 11.3. The van der Waals surface area contributed by atoms with Crippen LogP contribution in [0.25, 0.3) is 11.5 Å². The molecule has 2 amide bonds. The maximum Gasteiger partial charge on any atom is 0.272 e. The third kappa shape index (κ3) is 7.38. The summed E-state index contributed by atoms with van der Waals surface area (Å²) < 4.78 is 36.5. The summed E-state index contributed by atoms with van der Waals surface area (Å²) in [6, 6.07) is 5.58. The van der Waals surface area contributed by atoms with Crippen LogP contribution in [0.1, 0.15) is 42.1 Å². The average Bonchev–Trinajstić information content (AvgIpc) is 3.58. The topological polar surface area (TPSA) is 190 Å². The molecule has 202 valence electrons. The number of hydrogen-bond acceptors (Lipinski definition) is 11. The van der Waals surface area contributed by atoms with Gasteiger partial charge < -0.3 is 25.2 Å². The highest BCUT2D eigenvalue weighted by molar-refractivity contribution is 7.88. The van der Waals surface area contributed by atoms with E-state index in [1.807, 2.05) is 0 Å². The molecule has 0 saturated heterocycles. The van der Waals surface area contributed by atoms with Crippen molar-refractivity contribution in [2.45, 2.75) is 31.0 Å². The van der Waals surface area contributed by atoms with Gasteiger partial charge in [0, 0.05) is 12.0 Å². The maximum atomic E-state index is 12.8. The van der Waals surface area contributed by atoms with Crippen LogP contribution in [0.3, 0.4) is 0 Å². The van der Waals surface area contributed by atoms with Gasteiger partial charge in [-0.2, -0.15) is 4.98 Å². The number of nitrogens with zero attached hydrogens (tertiary/aromatic N) is 4. The first-order valence-corrected chi connectivity index (χ1v) is 13.8. The molecule has 1 saturated carbocycles. The van der Waals surface area contributed by atoms with Crippen molar-refractivity contribution < 1.29 is 27.3 Å². The molecule has 4 N–H and O–H groups in total. The smallest absolute Gasteiger partial charge is 0.272 e. The van der Waals surface area contributed by atoms with Crippen molar-refractivity contribution in [1.29, 1.82) is 0 Å². The normalized spacial score (nSPS) is 14.3. The molecule has 0 aliphatic heterocycles. The van der Waals surface area contributed by atoms with Crippen LogP contribution in [0.2, 0.25) is 0 Å². The van der Waals surface area contributed by atoms with E-state index in [0.717, 1.165) is 19.1 Å². The van der Waals surface area contributed by atoms with Gasteiger partial charge >= 0.3 is 0 Å². The van der Waals surface area contributed by atoms with Crippen molar-refractivity contribution >= 4 is 62.6 Å². The Labute approximate surface area is 234 Å². The minimum absolute atomic E-state index is 0.0417. The number of carbonyl (C=O) groups excluding carboxylic acids is 2. The number of ether oxygens (including phenoxy) is 1. The van der Waals surface area contributed by atoms with Gasteiger partial charge in [0.05, 0.1) is 59.9 Å². The Morgan fingerprint density at radius 1 is 1.18 bits per heavy atom. The van der Waals surface area contributed by atoms with Crippen LogP contribution in [0.4, 0.5) is 17.2 Å².